The van der Waals surface area contributed by atoms with Gasteiger partial charge in [0.05, 0.1) is 0 Å². The quantitative estimate of drug-likeness (QED) is 0.140. The SMILES string of the molecule is C.C=Cc1c(/C=C\C)c(-c2ccc(-c3ccc(-c4c5ccccc5c(-c5ccc6c(c5)C(C)(C)c5ccccc5-6)c5ccccc45)c4ccccc34)c3ccccc23)c2ccccc2c1-c1ccccc1. The number of hydrogen-bond donors (Lipinski definition) is 0. The molecule has 0 radical (unpaired) electrons. The molecule has 0 saturated carbocycles. The van der Waals surface area contributed by atoms with Crippen molar-refractivity contribution in [3.05, 3.63) is 253 Å². The third-order valence-corrected chi connectivity index (χ3v) is 15.4. The average molecular weight is 907 g/mol. The average Bonchev–Trinajstić information content (AvgIpc) is 3.64. The van der Waals surface area contributed by atoms with Crippen molar-refractivity contribution in [1.82, 2.24) is 0 Å². The lowest BCUT2D eigenvalue weighted by molar-refractivity contribution is 0.660. The lowest BCUT2D eigenvalue weighted by Gasteiger charge is -2.23. The fourth-order valence-electron chi connectivity index (χ4n) is 12.3. The molecular weight excluding hydrogens is 853 g/mol. The van der Waals surface area contributed by atoms with Crippen molar-refractivity contribution in [3.63, 3.8) is 0 Å². The van der Waals surface area contributed by atoms with E-state index in [9.17, 15) is 0 Å². The maximum atomic E-state index is 4.42. The summed E-state index contributed by atoms with van der Waals surface area (Å²) in [6.07, 6.45) is 6.47. The van der Waals surface area contributed by atoms with Gasteiger partial charge in [-0.15, -0.1) is 0 Å². The van der Waals surface area contributed by atoms with Crippen LogP contribution in [0.15, 0.2) is 231 Å². The van der Waals surface area contributed by atoms with Crippen LogP contribution in [0.4, 0.5) is 0 Å². The summed E-state index contributed by atoms with van der Waals surface area (Å²) in [5.74, 6) is 0. The first-order chi connectivity index (χ1) is 34.5. The van der Waals surface area contributed by atoms with E-state index in [1.807, 2.05) is 6.08 Å². The van der Waals surface area contributed by atoms with E-state index in [-0.39, 0.29) is 12.8 Å². The van der Waals surface area contributed by atoms with E-state index >= 15 is 0 Å². The smallest absolute Gasteiger partial charge is 0.0159 e. The Bertz CT molecular complexity index is 4100. The minimum Gasteiger partial charge on any atom is -0.0984 e. The van der Waals surface area contributed by atoms with E-state index in [0.717, 1.165) is 5.56 Å². The molecule has 0 aromatic heterocycles. The molecule has 0 heteroatoms. The van der Waals surface area contributed by atoms with Gasteiger partial charge in [0.2, 0.25) is 0 Å². The molecule has 0 bridgehead atoms. The highest BCUT2D eigenvalue weighted by Crippen LogP contribution is 2.53. The van der Waals surface area contributed by atoms with Gasteiger partial charge in [0, 0.05) is 5.41 Å². The summed E-state index contributed by atoms with van der Waals surface area (Å²) in [5, 5.41) is 12.4. The van der Waals surface area contributed by atoms with Crippen LogP contribution in [0.1, 0.15) is 50.5 Å². The van der Waals surface area contributed by atoms with Gasteiger partial charge in [0.1, 0.15) is 0 Å². The van der Waals surface area contributed by atoms with Crippen molar-refractivity contribution >= 4 is 66.0 Å². The molecule has 1 aliphatic carbocycles. The molecule has 0 fully saturated rings. The normalized spacial score (nSPS) is 12.7. The minimum absolute atomic E-state index is 0. The van der Waals surface area contributed by atoms with Crippen molar-refractivity contribution in [2.75, 3.05) is 0 Å². The topological polar surface area (TPSA) is 0 Å². The summed E-state index contributed by atoms with van der Waals surface area (Å²) in [5.41, 5.74) is 20.0. The van der Waals surface area contributed by atoms with Crippen molar-refractivity contribution in [3.8, 4) is 66.8 Å². The summed E-state index contributed by atoms with van der Waals surface area (Å²) >= 11 is 0. The lowest BCUT2D eigenvalue weighted by Crippen LogP contribution is -2.14. The Kier molecular flexibility index (Phi) is 10.5. The van der Waals surface area contributed by atoms with Gasteiger partial charge in [-0.3, -0.25) is 0 Å². The summed E-state index contributed by atoms with van der Waals surface area (Å²) in [6.45, 7) is 11.3. The molecule has 0 nitrogen and oxygen atoms in total. The molecule has 338 valence electrons. The highest BCUT2D eigenvalue weighted by Gasteiger charge is 2.35. The van der Waals surface area contributed by atoms with Gasteiger partial charge in [0.15, 0.2) is 0 Å². The van der Waals surface area contributed by atoms with Crippen molar-refractivity contribution < 1.29 is 0 Å². The zero-order chi connectivity index (χ0) is 47.1. The third-order valence-electron chi connectivity index (χ3n) is 15.4. The molecule has 12 aromatic carbocycles. The third kappa shape index (κ3) is 6.59. The lowest BCUT2D eigenvalue weighted by atomic mass is 9.80. The first-order valence-electron chi connectivity index (χ1n) is 24.6. The maximum Gasteiger partial charge on any atom is 0.0159 e. The largest absolute Gasteiger partial charge is 0.0984 e. The van der Waals surface area contributed by atoms with Crippen LogP contribution in [0, 0.1) is 0 Å². The van der Waals surface area contributed by atoms with E-state index < -0.39 is 0 Å². The van der Waals surface area contributed by atoms with Crippen LogP contribution in [0.2, 0.25) is 0 Å². The van der Waals surface area contributed by atoms with Gasteiger partial charge in [0.25, 0.3) is 0 Å². The number of allylic oxidation sites excluding steroid dienone is 1. The Morgan fingerprint density at radius 3 is 1.25 bits per heavy atom. The first kappa shape index (κ1) is 43.7. The first-order valence-corrected chi connectivity index (χ1v) is 24.6. The molecule has 0 N–H and O–H groups in total. The summed E-state index contributed by atoms with van der Waals surface area (Å²) in [7, 11) is 0. The van der Waals surface area contributed by atoms with Gasteiger partial charge >= 0.3 is 0 Å². The predicted molar refractivity (Wildman–Crippen MR) is 310 cm³/mol. The molecule has 0 heterocycles. The van der Waals surface area contributed by atoms with E-state index in [1.165, 1.54) is 137 Å². The van der Waals surface area contributed by atoms with Crippen LogP contribution in [0.25, 0.3) is 133 Å². The molecule has 0 spiro atoms. The highest BCUT2D eigenvalue weighted by molar-refractivity contribution is 6.25. The number of hydrogen-bond acceptors (Lipinski definition) is 0. The number of benzene rings is 12. The Hall–Kier alpha value is -8.58. The zero-order valence-corrected chi connectivity index (χ0v) is 39.7. The maximum absolute atomic E-state index is 4.42. The predicted octanol–water partition coefficient (Wildman–Crippen LogP) is 20.4. The van der Waals surface area contributed by atoms with E-state index in [1.54, 1.807) is 0 Å². The van der Waals surface area contributed by atoms with Crippen molar-refractivity contribution in [2.45, 2.75) is 33.6 Å². The Morgan fingerprint density at radius 1 is 0.324 bits per heavy atom. The van der Waals surface area contributed by atoms with Gasteiger partial charge in [-0.2, -0.15) is 0 Å². The summed E-state index contributed by atoms with van der Waals surface area (Å²) in [6, 6.07) is 81.4. The minimum atomic E-state index is -0.0906. The molecular formula is C71H54. The molecule has 71 heavy (non-hydrogen) atoms. The zero-order valence-electron chi connectivity index (χ0n) is 39.7. The van der Waals surface area contributed by atoms with E-state index in [2.05, 4.69) is 258 Å². The molecule has 0 saturated heterocycles. The monoisotopic (exact) mass is 906 g/mol. The van der Waals surface area contributed by atoms with Crippen LogP contribution in [-0.2, 0) is 5.41 Å². The Morgan fingerprint density at radius 2 is 0.718 bits per heavy atom. The van der Waals surface area contributed by atoms with E-state index in [4.69, 9.17) is 0 Å². The molecule has 1 aliphatic rings. The Labute approximate surface area is 417 Å². The van der Waals surface area contributed by atoms with Gasteiger partial charge < -0.3 is 0 Å². The van der Waals surface area contributed by atoms with Crippen molar-refractivity contribution in [2.24, 2.45) is 0 Å². The number of rotatable bonds is 7. The molecule has 0 aliphatic heterocycles. The highest BCUT2D eigenvalue weighted by atomic mass is 14.4. The fourth-order valence-corrected chi connectivity index (χ4v) is 12.3. The van der Waals surface area contributed by atoms with Crippen LogP contribution < -0.4 is 0 Å². The second kappa shape index (κ2) is 17.1. The van der Waals surface area contributed by atoms with Crippen molar-refractivity contribution in [1.29, 1.82) is 0 Å². The molecule has 0 unspecified atom stereocenters. The molecule has 0 atom stereocenters. The standard InChI is InChI=1S/C70H50.CH4/c1-5-22-55-46(6-2)66(44-23-8-7-9-24-44)56-30-14-17-33-59(56)68(55)62-41-39-51(47-25-10-12-27-49(47)62)52-40-42-63(50-28-13-11-26-48(50)52)69-60-34-18-15-31-57(60)67(58-32-16-19-35-61(58)69)45-37-38-54-53-29-20-21-36-64(53)70(3,4)65(54)43-45;/h5-43H,2H2,1,3-4H3;1H4/b22-5-;. The fraction of sp³-hybridized carbons (Fsp3) is 0.0704. The van der Waals surface area contributed by atoms with Crippen LogP contribution >= 0.6 is 0 Å². The van der Waals surface area contributed by atoms with Gasteiger partial charge in [-0.1, -0.05) is 258 Å². The summed E-state index contributed by atoms with van der Waals surface area (Å²) in [4.78, 5) is 0. The van der Waals surface area contributed by atoms with Crippen LogP contribution in [0.3, 0.4) is 0 Å². The Balaban J connectivity index is 0.00000517. The molecule has 0 amide bonds. The molecule has 12 aromatic rings. The second-order valence-electron chi connectivity index (χ2n) is 19.4. The van der Waals surface area contributed by atoms with Crippen LogP contribution in [0.5, 0.6) is 0 Å². The summed E-state index contributed by atoms with van der Waals surface area (Å²) < 4.78 is 0. The molecule has 13 rings (SSSR count). The number of fused-ring (bicyclic) bond motifs is 8. The van der Waals surface area contributed by atoms with Gasteiger partial charge in [-0.25, -0.2) is 0 Å². The second-order valence-corrected chi connectivity index (χ2v) is 19.4. The van der Waals surface area contributed by atoms with Crippen LogP contribution in [-0.4, -0.2) is 0 Å². The van der Waals surface area contributed by atoms with E-state index in [0.29, 0.717) is 0 Å². The van der Waals surface area contributed by atoms with Gasteiger partial charge in [-0.05, 0) is 156 Å².